The highest BCUT2D eigenvalue weighted by molar-refractivity contribution is 5.11. The molecule has 100 valence electrons. The predicted molar refractivity (Wildman–Crippen MR) is 65.8 cm³/mol. The Hall–Kier alpha value is -1.01. The molecule has 1 aliphatic heterocycles. The minimum Gasteiger partial charge on any atom is -0.377 e. The first kappa shape index (κ1) is 12.0. The number of aromatic amines is 1. The maximum atomic E-state index is 5.90. The van der Waals surface area contributed by atoms with Crippen LogP contribution in [0.1, 0.15) is 45.5 Å². The van der Waals surface area contributed by atoms with E-state index in [-0.39, 0.29) is 11.5 Å². The van der Waals surface area contributed by atoms with Crippen molar-refractivity contribution in [1.82, 2.24) is 25.9 Å². The van der Waals surface area contributed by atoms with Crippen LogP contribution in [0.15, 0.2) is 0 Å². The van der Waals surface area contributed by atoms with E-state index in [1.165, 1.54) is 12.8 Å². The van der Waals surface area contributed by atoms with Gasteiger partial charge in [-0.2, -0.15) is 5.21 Å². The number of nitrogens with one attached hydrogen (secondary N) is 2. The Labute approximate surface area is 107 Å². The van der Waals surface area contributed by atoms with Gasteiger partial charge in [0.15, 0.2) is 5.82 Å². The summed E-state index contributed by atoms with van der Waals surface area (Å²) in [6.45, 7) is 7.55. The number of aromatic nitrogens is 4. The number of nitrogens with zero attached hydrogens (tertiary/aromatic N) is 3. The molecule has 2 heterocycles. The van der Waals surface area contributed by atoms with E-state index in [2.05, 4.69) is 46.7 Å². The molecule has 4 unspecified atom stereocenters. The van der Waals surface area contributed by atoms with E-state index in [1.807, 2.05) is 0 Å². The van der Waals surface area contributed by atoms with Crippen molar-refractivity contribution in [3.05, 3.63) is 5.82 Å². The lowest BCUT2D eigenvalue weighted by atomic mass is 9.55. The molecule has 6 nitrogen and oxygen atoms in total. The summed E-state index contributed by atoms with van der Waals surface area (Å²) >= 11 is 0. The van der Waals surface area contributed by atoms with Gasteiger partial charge in [-0.1, -0.05) is 19.1 Å². The van der Waals surface area contributed by atoms with Gasteiger partial charge in [0.2, 0.25) is 0 Å². The summed E-state index contributed by atoms with van der Waals surface area (Å²) in [5.41, 5.74) is 0.184. The van der Waals surface area contributed by atoms with Crippen molar-refractivity contribution < 1.29 is 4.74 Å². The van der Waals surface area contributed by atoms with E-state index < -0.39 is 0 Å². The molecule has 1 aliphatic carbocycles. The van der Waals surface area contributed by atoms with Crippen LogP contribution in [0.3, 0.4) is 0 Å². The molecule has 1 saturated heterocycles. The molecule has 1 aromatic rings. The highest BCUT2D eigenvalue weighted by Crippen LogP contribution is 2.51. The number of tetrazole rings is 1. The topological polar surface area (TPSA) is 75.7 Å². The van der Waals surface area contributed by atoms with Crippen LogP contribution in [0.5, 0.6) is 0 Å². The summed E-state index contributed by atoms with van der Waals surface area (Å²) in [4.78, 5) is 0. The lowest BCUT2D eigenvalue weighted by Crippen LogP contribution is -2.69. The smallest absolute Gasteiger partial charge is 0.191 e. The van der Waals surface area contributed by atoms with Crippen LogP contribution < -0.4 is 5.32 Å². The Bertz CT molecular complexity index is 405. The first-order chi connectivity index (χ1) is 8.60. The van der Waals surface area contributed by atoms with Gasteiger partial charge in [-0.05, 0) is 19.8 Å². The second-order valence-electron chi connectivity index (χ2n) is 6.05. The molecule has 0 aromatic carbocycles. The summed E-state index contributed by atoms with van der Waals surface area (Å²) in [5.74, 6) is 1.36. The van der Waals surface area contributed by atoms with E-state index in [0.717, 1.165) is 12.4 Å². The highest BCUT2D eigenvalue weighted by atomic mass is 16.5. The summed E-state index contributed by atoms with van der Waals surface area (Å²) < 4.78 is 5.90. The summed E-state index contributed by atoms with van der Waals surface area (Å²) in [5, 5.41) is 17.8. The zero-order valence-electron chi connectivity index (χ0n) is 11.2. The Morgan fingerprint density at radius 2 is 2.33 bits per heavy atom. The van der Waals surface area contributed by atoms with Gasteiger partial charge in [0.25, 0.3) is 0 Å². The van der Waals surface area contributed by atoms with Crippen LogP contribution >= 0.6 is 0 Å². The van der Waals surface area contributed by atoms with Crippen LogP contribution in [0.4, 0.5) is 0 Å². The van der Waals surface area contributed by atoms with Crippen LogP contribution in [-0.4, -0.2) is 39.4 Å². The molecule has 1 saturated carbocycles. The fraction of sp³-hybridized carbons (Fsp3) is 0.917. The number of fused-ring (bicyclic) bond motifs is 1. The number of hydrogen-bond donors (Lipinski definition) is 2. The fourth-order valence-electron chi connectivity index (χ4n) is 3.56. The fourth-order valence-corrected chi connectivity index (χ4v) is 3.56. The minimum atomic E-state index is 0.121. The van der Waals surface area contributed by atoms with Crippen LogP contribution in [-0.2, 0) is 4.74 Å². The average Bonchev–Trinajstić information content (AvgIpc) is 2.89. The molecule has 0 radical (unpaired) electrons. The van der Waals surface area contributed by atoms with Crippen molar-refractivity contribution in [2.45, 2.75) is 51.8 Å². The summed E-state index contributed by atoms with van der Waals surface area (Å²) in [6.07, 6.45) is 2.83. The van der Waals surface area contributed by atoms with Crippen LogP contribution in [0.25, 0.3) is 0 Å². The quantitative estimate of drug-likeness (QED) is 0.840. The molecule has 2 aliphatic rings. The van der Waals surface area contributed by atoms with Crippen molar-refractivity contribution >= 4 is 0 Å². The lowest BCUT2D eigenvalue weighted by molar-refractivity contribution is -0.194. The third-order valence-corrected chi connectivity index (χ3v) is 4.51. The second-order valence-corrected chi connectivity index (χ2v) is 6.05. The first-order valence-corrected chi connectivity index (χ1v) is 6.71. The Morgan fingerprint density at radius 1 is 1.50 bits per heavy atom. The zero-order valence-corrected chi connectivity index (χ0v) is 11.2. The molecule has 3 rings (SSSR count). The Kier molecular flexibility index (Phi) is 2.86. The number of hydrogen-bond acceptors (Lipinski definition) is 5. The Morgan fingerprint density at radius 3 is 3.06 bits per heavy atom. The maximum absolute atomic E-state index is 5.90. The molecule has 0 amide bonds. The largest absolute Gasteiger partial charge is 0.377 e. The van der Waals surface area contributed by atoms with E-state index in [0.29, 0.717) is 18.1 Å². The van der Waals surface area contributed by atoms with E-state index in [4.69, 9.17) is 4.74 Å². The monoisotopic (exact) mass is 251 g/mol. The van der Waals surface area contributed by atoms with Gasteiger partial charge in [-0.25, -0.2) is 0 Å². The SMILES string of the molecule is CC(NC1C2CCCOC2C1(C)C)c1nn[nH]n1. The number of ether oxygens (including phenoxy) is 1. The van der Waals surface area contributed by atoms with Crippen molar-refractivity contribution in [2.75, 3.05) is 6.61 Å². The van der Waals surface area contributed by atoms with Gasteiger partial charge in [-0.15, -0.1) is 10.2 Å². The van der Waals surface area contributed by atoms with E-state index >= 15 is 0 Å². The molecule has 18 heavy (non-hydrogen) atoms. The molecule has 6 heteroatoms. The van der Waals surface area contributed by atoms with E-state index in [9.17, 15) is 0 Å². The third-order valence-electron chi connectivity index (χ3n) is 4.51. The molecular weight excluding hydrogens is 230 g/mol. The molecule has 0 spiro atoms. The van der Waals surface area contributed by atoms with Crippen LogP contribution in [0, 0.1) is 11.3 Å². The lowest BCUT2D eigenvalue weighted by Gasteiger charge is -2.60. The standard InChI is InChI=1S/C12H21N5O/c1-7(11-14-16-17-15-11)13-9-8-5-4-6-18-10(8)12(9,2)3/h7-10,13H,4-6H2,1-3H3,(H,14,15,16,17). The zero-order chi connectivity index (χ0) is 12.8. The predicted octanol–water partition coefficient (Wildman–Crippen LogP) is 1.05. The highest BCUT2D eigenvalue weighted by Gasteiger charge is 2.58. The van der Waals surface area contributed by atoms with E-state index in [1.54, 1.807) is 0 Å². The second kappa shape index (κ2) is 4.28. The molecule has 2 fully saturated rings. The van der Waals surface area contributed by atoms with Crippen molar-refractivity contribution in [1.29, 1.82) is 0 Å². The third kappa shape index (κ3) is 1.75. The van der Waals surface area contributed by atoms with Gasteiger partial charge >= 0.3 is 0 Å². The number of rotatable bonds is 3. The van der Waals surface area contributed by atoms with Crippen LogP contribution in [0.2, 0.25) is 0 Å². The molecular formula is C12H21N5O. The molecule has 4 atom stereocenters. The minimum absolute atomic E-state index is 0.121. The van der Waals surface area contributed by atoms with Crippen molar-refractivity contribution in [3.63, 3.8) is 0 Å². The van der Waals surface area contributed by atoms with Gasteiger partial charge in [0.05, 0.1) is 12.1 Å². The first-order valence-electron chi connectivity index (χ1n) is 6.71. The van der Waals surface area contributed by atoms with Gasteiger partial charge < -0.3 is 10.1 Å². The van der Waals surface area contributed by atoms with Crippen molar-refractivity contribution in [2.24, 2.45) is 11.3 Å². The van der Waals surface area contributed by atoms with Crippen molar-refractivity contribution in [3.8, 4) is 0 Å². The van der Waals surface area contributed by atoms with Gasteiger partial charge in [0, 0.05) is 24.0 Å². The van der Waals surface area contributed by atoms with Gasteiger partial charge in [0.1, 0.15) is 0 Å². The summed E-state index contributed by atoms with van der Waals surface area (Å²) in [6, 6.07) is 0.590. The normalized spacial score (nSPS) is 35.6. The molecule has 1 aromatic heterocycles. The molecule has 0 bridgehead atoms. The number of H-pyrrole nitrogens is 1. The Balaban J connectivity index is 1.69. The molecule has 2 N–H and O–H groups in total. The van der Waals surface area contributed by atoms with Gasteiger partial charge in [-0.3, -0.25) is 0 Å². The maximum Gasteiger partial charge on any atom is 0.191 e. The summed E-state index contributed by atoms with van der Waals surface area (Å²) in [7, 11) is 0. The average molecular weight is 251 g/mol.